The molecular weight excluding hydrogens is 533 g/mol. The maximum atomic E-state index is 4.89. The van der Waals surface area contributed by atoms with Gasteiger partial charge in [-0.25, -0.2) is 4.99 Å². The zero-order valence-corrected chi connectivity index (χ0v) is 22.6. The molecule has 2 aromatic heterocycles. The number of aromatic nitrogens is 3. The summed E-state index contributed by atoms with van der Waals surface area (Å²) in [5.74, 6) is 2.67. The molecule has 2 aromatic rings. The van der Waals surface area contributed by atoms with Crippen LogP contribution in [-0.2, 0) is 20.1 Å². The molecule has 3 heterocycles. The lowest BCUT2D eigenvalue weighted by Gasteiger charge is -2.48. The van der Waals surface area contributed by atoms with Gasteiger partial charge in [0, 0.05) is 24.0 Å². The summed E-state index contributed by atoms with van der Waals surface area (Å²) < 4.78 is 2.01. The molecule has 4 rings (SSSR count). The minimum atomic E-state index is 0. The zero-order valence-electron chi connectivity index (χ0n) is 19.5. The molecule has 0 unspecified atom stereocenters. The lowest BCUT2D eigenvalue weighted by atomic mass is 9.79. The van der Waals surface area contributed by atoms with Crippen LogP contribution in [0.5, 0.6) is 0 Å². The second-order valence-corrected chi connectivity index (χ2v) is 10.0. The molecule has 0 radical (unpaired) electrons. The Balaban J connectivity index is 0.00000289. The fourth-order valence-corrected chi connectivity index (χ4v) is 5.57. The van der Waals surface area contributed by atoms with Crippen LogP contribution in [-0.4, -0.2) is 50.8 Å². The maximum absolute atomic E-state index is 4.89. The highest BCUT2D eigenvalue weighted by Crippen LogP contribution is 2.35. The van der Waals surface area contributed by atoms with Gasteiger partial charge < -0.3 is 15.2 Å². The van der Waals surface area contributed by atoms with Gasteiger partial charge in [-0.1, -0.05) is 31.7 Å². The van der Waals surface area contributed by atoms with Crippen molar-refractivity contribution in [3.05, 3.63) is 34.0 Å². The molecule has 0 aromatic carbocycles. The summed E-state index contributed by atoms with van der Waals surface area (Å²) >= 11 is 1.77. The molecule has 178 valence electrons. The second-order valence-electron chi connectivity index (χ2n) is 9.01. The lowest BCUT2D eigenvalue weighted by molar-refractivity contribution is 0.0368. The predicted molar refractivity (Wildman–Crippen MR) is 143 cm³/mol. The van der Waals surface area contributed by atoms with Crippen molar-refractivity contribution in [2.45, 2.75) is 76.9 Å². The predicted octanol–water partition coefficient (Wildman–Crippen LogP) is 4.23. The van der Waals surface area contributed by atoms with E-state index in [4.69, 9.17) is 4.99 Å². The van der Waals surface area contributed by atoms with Crippen LogP contribution < -0.4 is 10.6 Å². The quantitative estimate of drug-likeness (QED) is 0.296. The van der Waals surface area contributed by atoms with E-state index in [1.54, 1.807) is 11.3 Å². The Morgan fingerprint density at radius 3 is 2.50 bits per heavy atom. The molecule has 2 N–H and O–H groups in total. The number of piperidine rings is 1. The number of guanidine groups is 1. The maximum Gasteiger partial charge on any atom is 0.192 e. The van der Waals surface area contributed by atoms with Crippen molar-refractivity contribution < 1.29 is 0 Å². The van der Waals surface area contributed by atoms with Gasteiger partial charge in [0.05, 0.1) is 6.54 Å². The van der Waals surface area contributed by atoms with Gasteiger partial charge >= 0.3 is 0 Å². The van der Waals surface area contributed by atoms with E-state index in [2.05, 4.69) is 43.2 Å². The number of thiophene rings is 1. The molecule has 2 aliphatic rings. The van der Waals surface area contributed by atoms with Crippen LogP contribution in [0.4, 0.5) is 0 Å². The molecule has 1 saturated carbocycles. The van der Waals surface area contributed by atoms with Crippen LogP contribution in [0.1, 0.15) is 67.9 Å². The van der Waals surface area contributed by atoms with Gasteiger partial charge in [0.15, 0.2) is 11.8 Å². The third kappa shape index (κ3) is 6.44. The van der Waals surface area contributed by atoms with Gasteiger partial charge in [-0.15, -0.1) is 45.5 Å². The highest BCUT2D eigenvalue weighted by Gasteiger charge is 2.38. The van der Waals surface area contributed by atoms with Crippen molar-refractivity contribution in [3.63, 3.8) is 0 Å². The Labute approximate surface area is 213 Å². The Hall–Kier alpha value is -1.20. The Kier molecular flexibility index (Phi) is 9.78. The van der Waals surface area contributed by atoms with E-state index in [9.17, 15) is 0 Å². The number of hydrogen-bond donors (Lipinski definition) is 2. The number of hydrogen-bond acceptors (Lipinski definition) is 5. The lowest BCUT2D eigenvalue weighted by Crippen LogP contribution is -2.59. The van der Waals surface area contributed by atoms with E-state index < -0.39 is 0 Å². The Morgan fingerprint density at radius 1 is 1.09 bits per heavy atom. The largest absolute Gasteiger partial charge is 0.355 e. The summed E-state index contributed by atoms with van der Waals surface area (Å²) in [7, 11) is 2.00. The van der Waals surface area contributed by atoms with Crippen molar-refractivity contribution in [3.8, 4) is 0 Å². The van der Waals surface area contributed by atoms with Crippen LogP contribution >= 0.6 is 35.3 Å². The molecular formula is C23H38IN7S. The second kappa shape index (κ2) is 12.3. The molecule has 9 heteroatoms. The monoisotopic (exact) mass is 571 g/mol. The normalized spacial score (nSPS) is 19.4. The minimum absolute atomic E-state index is 0. The summed E-state index contributed by atoms with van der Waals surface area (Å²) in [6.07, 6.45) is 10.7. The third-order valence-electron chi connectivity index (χ3n) is 6.97. The van der Waals surface area contributed by atoms with Crippen molar-refractivity contribution in [1.29, 1.82) is 0 Å². The van der Waals surface area contributed by atoms with E-state index in [-0.39, 0.29) is 29.5 Å². The van der Waals surface area contributed by atoms with Gasteiger partial charge in [-0.2, -0.15) is 0 Å². The number of halogens is 1. The molecule has 32 heavy (non-hydrogen) atoms. The Morgan fingerprint density at radius 2 is 1.84 bits per heavy atom. The van der Waals surface area contributed by atoms with E-state index >= 15 is 0 Å². The highest BCUT2D eigenvalue weighted by molar-refractivity contribution is 14.0. The first-order valence-electron chi connectivity index (χ1n) is 11.8. The summed E-state index contributed by atoms with van der Waals surface area (Å²) in [5, 5.41) is 17.9. The van der Waals surface area contributed by atoms with Crippen LogP contribution in [0, 0.1) is 6.92 Å². The summed E-state index contributed by atoms with van der Waals surface area (Å²) in [6, 6.07) is 4.26. The minimum Gasteiger partial charge on any atom is -0.355 e. The molecule has 0 bridgehead atoms. The van der Waals surface area contributed by atoms with E-state index in [1.165, 1.54) is 69.3 Å². The summed E-state index contributed by atoms with van der Waals surface area (Å²) in [5.41, 5.74) is 0.269. The van der Waals surface area contributed by atoms with E-state index in [0.29, 0.717) is 6.54 Å². The fraction of sp³-hybridized carbons (Fsp3) is 0.696. The molecule has 0 amide bonds. The number of aryl methyl sites for hydroxylation is 1. The first-order chi connectivity index (χ1) is 15.2. The molecule has 2 fully saturated rings. The number of nitrogens with one attached hydrogen (secondary N) is 2. The zero-order chi connectivity index (χ0) is 21.5. The standard InChI is InChI=1S/C23H37N7S.HI/c1-19-27-28-21(29(19)2)17-25-22(24-16-20-10-9-15-31-20)26-18-23(11-5-3-6-12-23)30-13-7-4-8-14-30;/h9-10,15H,3-8,11-14,16-18H2,1-2H3,(H2,24,25,26);1H. The van der Waals surface area contributed by atoms with Gasteiger partial charge in [0.2, 0.25) is 0 Å². The van der Waals surface area contributed by atoms with Crippen molar-refractivity contribution in [1.82, 2.24) is 30.3 Å². The highest BCUT2D eigenvalue weighted by atomic mass is 127. The Bertz CT molecular complexity index is 837. The van der Waals surface area contributed by atoms with Crippen LogP contribution in [0.25, 0.3) is 0 Å². The average molecular weight is 572 g/mol. The van der Waals surface area contributed by atoms with Gasteiger partial charge in [-0.3, -0.25) is 4.90 Å². The topological polar surface area (TPSA) is 70.4 Å². The first-order valence-corrected chi connectivity index (χ1v) is 12.7. The molecule has 1 saturated heterocycles. The van der Waals surface area contributed by atoms with Gasteiger partial charge in [0.1, 0.15) is 12.4 Å². The molecule has 0 atom stereocenters. The molecule has 7 nitrogen and oxygen atoms in total. The van der Waals surface area contributed by atoms with Crippen molar-refractivity contribution >= 4 is 41.3 Å². The summed E-state index contributed by atoms with van der Waals surface area (Å²) in [6.45, 7) is 6.73. The SMILES string of the molecule is Cc1nnc(CN=C(NCc2cccs2)NCC2(N3CCCCC3)CCCCC2)n1C.I. The number of aliphatic imine (C=N–C) groups is 1. The summed E-state index contributed by atoms with van der Waals surface area (Å²) in [4.78, 5) is 8.98. The third-order valence-corrected chi connectivity index (χ3v) is 7.84. The number of likely N-dealkylation sites (tertiary alicyclic amines) is 1. The van der Waals surface area contributed by atoms with Crippen molar-refractivity contribution in [2.24, 2.45) is 12.0 Å². The van der Waals surface area contributed by atoms with Gasteiger partial charge in [-0.05, 0) is 57.1 Å². The van der Waals surface area contributed by atoms with Crippen LogP contribution in [0.2, 0.25) is 0 Å². The number of rotatable bonds is 7. The molecule has 1 aliphatic heterocycles. The van der Waals surface area contributed by atoms with Crippen LogP contribution in [0.3, 0.4) is 0 Å². The van der Waals surface area contributed by atoms with Gasteiger partial charge in [0.25, 0.3) is 0 Å². The average Bonchev–Trinajstić information content (AvgIpc) is 3.45. The smallest absolute Gasteiger partial charge is 0.192 e. The number of nitrogens with zero attached hydrogens (tertiary/aromatic N) is 5. The van der Waals surface area contributed by atoms with Crippen LogP contribution in [0.15, 0.2) is 22.5 Å². The molecule has 1 aliphatic carbocycles. The first kappa shape index (κ1) is 25.4. The molecule has 0 spiro atoms. The fourth-order valence-electron chi connectivity index (χ4n) is 4.93. The van der Waals surface area contributed by atoms with E-state index in [1.807, 2.05) is 18.5 Å². The van der Waals surface area contributed by atoms with Crippen molar-refractivity contribution in [2.75, 3.05) is 19.6 Å². The van der Waals surface area contributed by atoms with E-state index in [0.717, 1.165) is 30.7 Å².